The number of nitrogens with zero attached hydrogens (tertiary/aromatic N) is 2. The zero-order valence-electron chi connectivity index (χ0n) is 7.38. The van der Waals surface area contributed by atoms with E-state index in [9.17, 15) is 0 Å². The van der Waals surface area contributed by atoms with Crippen LogP contribution in [0.15, 0.2) is 0 Å². The number of likely N-dealkylation sites (N-methyl/N-ethyl adjacent to an activating group) is 1. The van der Waals surface area contributed by atoms with Crippen molar-refractivity contribution in [3.05, 3.63) is 11.4 Å². The van der Waals surface area contributed by atoms with E-state index in [-0.39, 0.29) is 0 Å². The first-order valence-corrected chi connectivity index (χ1v) is 4.31. The Balaban J connectivity index is 2.39. The van der Waals surface area contributed by atoms with Crippen LogP contribution in [0.5, 0.6) is 0 Å². The Morgan fingerprint density at radius 2 is 2.36 bits per heavy atom. The Morgan fingerprint density at radius 3 is 2.82 bits per heavy atom. The number of hydrogen-bond donors (Lipinski definition) is 0. The fraction of sp³-hybridized carbons (Fsp3) is 0.889. The van der Waals surface area contributed by atoms with Gasteiger partial charge >= 0.3 is 0 Å². The minimum Gasteiger partial charge on any atom is -0.315 e. The van der Waals surface area contributed by atoms with Crippen molar-refractivity contribution in [3.8, 4) is 0 Å². The third-order valence-electron chi connectivity index (χ3n) is 2.65. The molecule has 1 saturated heterocycles. The average Bonchev–Trinajstić information content (AvgIpc) is 2.33. The first kappa shape index (κ1) is 8.55. The van der Waals surface area contributed by atoms with E-state index in [1.165, 1.54) is 19.4 Å². The van der Waals surface area contributed by atoms with Crippen molar-refractivity contribution in [1.29, 1.82) is 0 Å². The quantitative estimate of drug-likeness (QED) is 0.546. The minimum absolute atomic E-state index is 0.539. The van der Waals surface area contributed by atoms with Crippen LogP contribution in [0.2, 0.25) is 0 Å². The number of hydrogen-bond acceptors (Lipinski definition) is 1. The molecule has 2 nitrogen and oxygen atoms in total. The van der Waals surface area contributed by atoms with Crippen molar-refractivity contribution in [3.63, 3.8) is 0 Å². The molecule has 0 N–H and O–H groups in total. The third kappa shape index (κ3) is 1.94. The summed E-state index contributed by atoms with van der Waals surface area (Å²) in [5.74, 6) is 0.840. The van der Waals surface area contributed by atoms with Gasteiger partial charge in [0.1, 0.15) is 0 Å². The maximum atomic E-state index is 6.78. The molecular formula is C9H16N2. The van der Waals surface area contributed by atoms with Gasteiger partial charge in [0.05, 0.1) is 6.04 Å². The Morgan fingerprint density at radius 1 is 1.64 bits per heavy atom. The standard InChI is InChI=1S/C9H16N2/c1-4-8-5-9(6-10-2)11(3)7-8/h8-9H,4-7H2,1,3H3/t8-,9+/m1/s1. The van der Waals surface area contributed by atoms with Gasteiger partial charge in [-0.15, -0.1) is 0 Å². The fourth-order valence-electron chi connectivity index (χ4n) is 1.81. The van der Waals surface area contributed by atoms with E-state index < -0.39 is 0 Å². The van der Waals surface area contributed by atoms with Gasteiger partial charge in [-0.25, -0.2) is 6.57 Å². The van der Waals surface area contributed by atoms with Gasteiger partial charge in [-0.05, 0) is 19.4 Å². The molecule has 0 aliphatic carbocycles. The van der Waals surface area contributed by atoms with Gasteiger partial charge in [0.15, 0.2) is 0 Å². The predicted molar refractivity (Wildman–Crippen MR) is 46.3 cm³/mol. The smallest absolute Gasteiger partial charge is 0.229 e. The van der Waals surface area contributed by atoms with Crippen LogP contribution in [0.25, 0.3) is 4.85 Å². The van der Waals surface area contributed by atoms with E-state index in [0.717, 1.165) is 5.92 Å². The molecule has 0 saturated carbocycles. The van der Waals surface area contributed by atoms with Crippen molar-refractivity contribution in [2.45, 2.75) is 25.8 Å². The van der Waals surface area contributed by atoms with Crippen LogP contribution in [-0.4, -0.2) is 31.1 Å². The van der Waals surface area contributed by atoms with Crippen LogP contribution in [-0.2, 0) is 0 Å². The molecule has 2 atom stereocenters. The monoisotopic (exact) mass is 152 g/mol. The molecule has 2 heteroatoms. The SMILES string of the molecule is [C-]#[N+]C[C@@H]1C[C@@H](CC)CN1C. The largest absolute Gasteiger partial charge is 0.315 e. The van der Waals surface area contributed by atoms with Crippen molar-refractivity contribution in [1.82, 2.24) is 4.90 Å². The van der Waals surface area contributed by atoms with Gasteiger partial charge in [0.25, 0.3) is 0 Å². The average molecular weight is 152 g/mol. The summed E-state index contributed by atoms with van der Waals surface area (Å²) >= 11 is 0. The van der Waals surface area contributed by atoms with Crippen molar-refractivity contribution in [2.24, 2.45) is 5.92 Å². The molecule has 1 aliphatic rings. The third-order valence-corrected chi connectivity index (χ3v) is 2.65. The van der Waals surface area contributed by atoms with Crippen molar-refractivity contribution >= 4 is 0 Å². The molecule has 0 radical (unpaired) electrons. The van der Waals surface area contributed by atoms with E-state index in [2.05, 4.69) is 23.7 Å². The first-order chi connectivity index (χ1) is 5.27. The van der Waals surface area contributed by atoms with Gasteiger partial charge in [0, 0.05) is 6.54 Å². The molecule has 0 amide bonds. The van der Waals surface area contributed by atoms with Crippen molar-refractivity contribution < 1.29 is 0 Å². The molecule has 62 valence electrons. The minimum atomic E-state index is 0.539. The first-order valence-electron chi connectivity index (χ1n) is 4.31. The molecule has 11 heavy (non-hydrogen) atoms. The number of likely N-dealkylation sites (tertiary alicyclic amines) is 1. The van der Waals surface area contributed by atoms with Gasteiger partial charge in [0.2, 0.25) is 6.54 Å². The van der Waals surface area contributed by atoms with Crippen LogP contribution in [0.1, 0.15) is 19.8 Å². The summed E-state index contributed by atoms with van der Waals surface area (Å²) in [4.78, 5) is 5.77. The van der Waals surface area contributed by atoms with Crippen LogP contribution >= 0.6 is 0 Å². The lowest BCUT2D eigenvalue weighted by Gasteiger charge is -2.12. The summed E-state index contributed by atoms with van der Waals surface area (Å²) in [6.45, 7) is 10.9. The second-order valence-corrected chi connectivity index (χ2v) is 3.44. The Bertz CT molecular complexity index is 159. The molecule has 1 rings (SSSR count). The molecule has 0 aromatic carbocycles. The van der Waals surface area contributed by atoms with Gasteiger partial charge in [-0.1, -0.05) is 13.3 Å². The lowest BCUT2D eigenvalue weighted by molar-refractivity contribution is 0.321. The highest BCUT2D eigenvalue weighted by atomic mass is 15.2. The van der Waals surface area contributed by atoms with Gasteiger partial charge in [-0.2, -0.15) is 0 Å². The normalized spacial score (nSPS) is 32.1. The number of rotatable bonds is 2. The van der Waals surface area contributed by atoms with Gasteiger partial charge < -0.3 is 4.85 Å². The zero-order chi connectivity index (χ0) is 8.27. The highest BCUT2D eigenvalue weighted by Crippen LogP contribution is 2.23. The van der Waals surface area contributed by atoms with Crippen molar-refractivity contribution in [2.75, 3.05) is 20.1 Å². The fourth-order valence-corrected chi connectivity index (χ4v) is 1.81. The molecule has 0 spiro atoms. The van der Waals surface area contributed by atoms with E-state index in [0.29, 0.717) is 12.6 Å². The topological polar surface area (TPSA) is 7.60 Å². The summed E-state index contributed by atoms with van der Waals surface area (Å²) in [5.41, 5.74) is 0. The lowest BCUT2D eigenvalue weighted by Crippen LogP contribution is -2.26. The molecule has 1 aliphatic heterocycles. The van der Waals surface area contributed by atoms with Gasteiger partial charge in [-0.3, -0.25) is 4.90 Å². The molecule has 0 aromatic heterocycles. The maximum Gasteiger partial charge on any atom is 0.229 e. The molecule has 1 heterocycles. The molecule has 1 fully saturated rings. The summed E-state index contributed by atoms with van der Waals surface area (Å²) in [7, 11) is 2.13. The van der Waals surface area contributed by atoms with Crippen LogP contribution in [0.3, 0.4) is 0 Å². The van der Waals surface area contributed by atoms with E-state index in [1.54, 1.807) is 0 Å². The second-order valence-electron chi connectivity index (χ2n) is 3.44. The Labute approximate surface area is 69.0 Å². The highest BCUT2D eigenvalue weighted by Gasteiger charge is 2.29. The maximum absolute atomic E-state index is 6.78. The Hall–Kier alpha value is -0.550. The summed E-state index contributed by atoms with van der Waals surface area (Å²) in [5, 5.41) is 0. The lowest BCUT2D eigenvalue weighted by atomic mass is 10.0. The predicted octanol–water partition coefficient (Wildman–Crippen LogP) is 1.64. The van der Waals surface area contributed by atoms with Crippen LogP contribution in [0.4, 0.5) is 0 Å². The molecule has 0 bridgehead atoms. The summed E-state index contributed by atoms with van der Waals surface area (Å²) in [6, 6.07) is 0.539. The highest BCUT2D eigenvalue weighted by molar-refractivity contribution is 4.87. The molecule has 0 aromatic rings. The summed E-state index contributed by atoms with van der Waals surface area (Å²) < 4.78 is 0. The van der Waals surface area contributed by atoms with E-state index in [4.69, 9.17) is 6.57 Å². The van der Waals surface area contributed by atoms with E-state index >= 15 is 0 Å². The summed E-state index contributed by atoms with van der Waals surface area (Å²) in [6.07, 6.45) is 2.49. The second kappa shape index (κ2) is 3.73. The molecule has 0 unspecified atom stereocenters. The Kier molecular flexibility index (Phi) is 2.90. The van der Waals surface area contributed by atoms with Crippen LogP contribution < -0.4 is 0 Å². The zero-order valence-corrected chi connectivity index (χ0v) is 7.38. The van der Waals surface area contributed by atoms with Crippen LogP contribution in [0, 0.1) is 12.5 Å². The molecular weight excluding hydrogens is 136 g/mol. The van der Waals surface area contributed by atoms with E-state index in [1.807, 2.05) is 0 Å².